The lowest BCUT2D eigenvalue weighted by atomic mass is 10.1. The Morgan fingerprint density at radius 3 is 2.42 bits per heavy atom. The molecule has 1 fully saturated rings. The zero-order valence-corrected chi connectivity index (χ0v) is 16.1. The van der Waals surface area contributed by atoms with E-state index in [9.17, 15) is 9.59 Å². The lowest BCUT2D eigenvalue weighted by Crippen LogP contribution is -2.39. The van der Waals surface area contributed by atoms with Crippen LogP contribution in [-0.4, -0.2) is 41.3 Å². The van der Waals surface area contributed by atoms with Crippen molar-refractivity contribution in [2.75, 3.05) is 19.0 Å². The molecule has 2 aromatic carbocycles. The zero-order valence-electron chi connectivity index (χ0n) is 14.5. The summed E-state index contributed by atoms with van der Waals surface area (Å²) in [5.41, 5.74) is 1.78. The number of carbonyl (C=O) groups excluding carboxylic acids is 2. The monoisotopic (exact) mass is 382 g/mol. The molecule has 2 heterocycles. The molecular formula is C20H18N2O2S2. The summed E-state index contributed by atoms with van der Waals surface area (Å²) < 4.78 is 0. The first kappa shape index (κ1) is 17.2. The van der Waals surface area contributed by atoms with Gasteiger partial charge in [-0.2, -0.15) is 0 Å². The Kier molecular flexibility index (Phi) is 4.54. The van der Waals surface area contributed by atoms with Crippen molar-refractivity contribution in [1.82, 2.24) is 4.90 Å². The van der Waals surface area contributed by atoms with Crippen LogP contribution in [0.4, 0.5) is 5.69 Å². The van der Waals surface area contributed by atoms with Gasteiger partial charge in [-0.25, -0.2) is 0 Å². The summed E-state index contributed by atoms with van der Waals surface area (Å²) in [7, 11) is 3.76. The number of ketones is 1. The van der Waals surface area contributed by atoms with Crippen LogP contribution in [0.25, 0.3) is 0 Å². The summed E-state index contributed by atoms with van der Waals surface area (Å²) in [6.45, 7) is 0. The number of amides is 1. The molecule has 4 nitrogen and oxygen atoms in total. The van der Waals surface area contributed by atoms with Gasteiger partial charge in [0.15, 0.2) is 5.78 Å². The van der Waals surface area contributed by atoms with Crippen molar-refractivity contribution in [3.05, 3.63) is 71.3 Å². The number of carbonyl (C=O) groups is 2. The van der Waals surface area contributed by atoms with Gasteiger partial charge in [-0.3, -0.25) is 9.59 Å². The largest absolute Gasteiger partial charge is 0.360 e. The van der Waals surface area contributed by atoms with Gasteiger partial charge < -0.3 is 9.80 Å². The van der Waals surface area contributed by atoms with Crippen molar-refractivity contribution in [2.24, 2.45) is 0 Å². The average molecular weight is 383 g/mol. The fourth-order valence-corrected chi connectivity index (χ4v) is 5.96. The number of fused-ring (bicyclic) bond motifs is 1. The van der Waals surface area contributed by atoms with Gasteiger partial charge in [0.1, 0.15) is 10.6 Å². The molecule has 132 valence electrons. The number of para-hydroxylation sites is 1. The fraction of sp³-hybridized carbons (Fsp3) is 0.200. The molecule has 2 aliphatic heterocycles. The van der Waals surface area contributed by atoms with Crippen molar-refractivity contribution in [1.29, 1.82) is 0 Å². The SMILES string of the molecule is CN1C(=O)C(C2Sc3ccccc3N2C)SC1=CC(=O)c1ccccc1. The second-order valence-electron chi connectivity index (χ2n) is 6.24. The van der Waals surface area contributed by atoms with Crippen LogP contribution < -0.4 is 4.90 Å². The first-order valence-electron chi connectivity index (χ1n) is 8.30. The molecule has 1 amide bonds. The van der Waals surface area contributed by atoms with Crippen molar-refractivity contribution < 1.29 is 9.59 Å². The Morgan fingerprint density at radius 1 is 1.00 bits per heavy atom. The van der Waals surface area contributed by atoms with Gasteiger partial charge in [-0.1, -0.05) is 66.0 Å². The molecule has 0 saturated carbocycles. The number of allylic oxidation sites excluding steroid dienone is 1. The second kappa shape index (κ2) is 6.85. The summed E-state index contributed by atoms with van der Waals surface area (Å²) in [6, 6.07) is 17.3. The molecule has 0 aromatic heterocycles. The van der Waals surface area contributed by atoms with Gasteiger partial charge in [0, 0.05) is 30.6 Å². The fourth-order valence-electron chi connectivity index (χ4n) is 3.13. The number of nitrogens with zero attached hydrogens (tertiary/aromatic N) is 2. The Hall–Kier alpha value is -2.18. The van der Waals surface area contributed by atoms with Gasteiger partial charge in [-0.15, -0.1) is 0 Å². The van der Waals surface area contributed by atoms with E-state index in [0.29, 0.717) is 10.6 Å². The van der Waals surface area contributed by atoms with E-state index >= 15 is 0 Å². The van der Waals surface area contributed by atoms with Crippen LogP contribution >= 0.6 is 23.5 Å². The highest BCUT2D eigenvalue weighted by Gasteiger charge is 2.45. The minimum absolute atomic E-state index is 0.0186. The molecule has 1 saturated heterocycles. The number of thioether (sulfide) groups is 2. The standard InChI is InChI=1S/C20H18N2O2S2/c1-21-14-10-6-7-11-16(14)25-20(21)18-19(24)22(2)17(26-18)12-15(23)13-8-4-3-5-9-13/h3-12,18,20H,1-2H3. The van der Waals surface area contributed by atoms with Crippen molar-refractivity contribution in [3.8, 4) is 0 Å². The first-order chi connectivity index (χ1) is 12.6. The Balaban J connectivity index is 1.57. The molecule has 2 unspecified atom stereocenters. The lowest BCUT2D eigenvalue weighted by Gasteiger charge is -2.24. The molecule has 2 aromatic rings. The molecule has 2 aliphatic rings. The van der Waals surface area contributed by atoms with Gasteiger partial charge in [-0.05, 0) is 12.1 Å². The molecule has 2 atom stereocenters. The lowest BCUT2D eigenvalue weighted by molar-refractivity contribution is -0.126. The van der Waals surface area contributed by atoms with Gasteiger partial charge in [0.05, 0.1) is 10.7 Å². The number of hydrogen-bond donors (Lipinski definition) is 0. The summed E-state index contributed by atoms with van der Waals surface area (Å²) >= 11 is 3.19. The summed E-state index contributed by atoms with van der Waals surface area (Å²) in [5, 5.41) is 0.487. The third-order valence-corrected chi connectivity index (χ3v) is 7.55. The molecule has 6 heteroatoms. The maximum atomic E-state index is 12.8. The predicted molar refractivity (Wildman–Crippen MR) is 107 cm³/mol. The van der Waals surface area contributed by atoms with E-state index in [4.69, 9.17) is 0 Å². The number of anilines is 1. The average Bonchev–Trinajstić information content (AvgIpc) is 3.14. The van der Waals surface area contributed by atoms with Crippen LogP contribution in [-0.2, 0) is 4.79 Å². The van der Waals surface area contributed by atoms with Crippen LogP contribution in [0.1, 0.15) is 10.4 Å². The Bertz CT molecular complexity index is 898. The molecule has 0 aliphatic carbocycles. The summed E-state index contributed by atoms with van der Waals surface area (Å²) in [6.07, 6.45) is 1.57. The molecule has 0 radical (unpaired) electrons. The van der Waals surface area contributed by atoms with E-state index in [1.807, 2.05) is 37.4 Å². The van der Waals surface area contributed by atoms with E-state index in [2.05, 4.69) is 17.0 Å². The molecule has 0 N–H and O–H groups in total. The number of benzene rings is 2. The van der Waals surface area contributed by atoms with Crippen LogP contribution in [0.3, 0.4) is 0 Å². The quantitative estimate of drug-likeness (QED) is 0.596. The predicted octanol–water partition coefficient (Wildman–Crippen LogP) is 3.85. The number of rotatable bonds is 3. The van der Waals surface area contributed by atoms with E-state index < -0.39 is 0 Å². The van der Waals surface area contributed by atoms with Crippen molar-refractivity contribution in [3.63, 3.8) is 0 Å². The molecule has 0 bridgehead atoms. The molecule has 4 rings (SSSR count). The van der Waals surface area contributed by atoms with Crippen LogP contribution in [0.15, 0.2) is 70.6 Å². The van der Waals surface area contributed by atoms with E-state index in [1.165, 1.54) is 16.7 Å². The summed E-state index contributed by atoms with van der Waals surface area (Å²) in [4.78, 5) is 30.3. The maximum absolute atomic E-state index is 12.8. The van der Waals surface area contributed by atoms with Crippen LogP contribution in [0.5, 0.6) is 0 Å². The first-order valence-corrected chi connectivity index (χ1v) is 10.1. The normalized spacial score (nSPS) is 23.6. The summed E-state index contributed by atoms with van der Waals surface area (Å²) in [5.74, 6) is -0.0385. The highest BCUT2D eigenvalue weighted by atomic mass is 32.2. The minimum atomic E-state index is -0.239. The maximum Gasteiger partial charge on any atom is 0.243 e. The van der Waals surface area contributed by atoms with E-state index in [-0.39, 0.29) is 22.3 Å². The molecular weight excluding hydrogens is 364 g/mol. The van der Waals surface area contributed by atoms with Gasteiger partial charge in [0.25, 0.3) is 0 Å². The highest BCUT2D eigenvalue weighted by molar-refractivity contribution is 8.07. The molecule has 0 spiro atoms. The van der Waals surface area contributed by atoms with Crippen molar-refractivity contribution >= 4 is 40.9 Å². The van der Waals surface area contributed by atoms with Gasteiger partial charge >= 0.3 is 0 Å². The van der Waals surface area contributed by atoms with Gasteiger partial charge in [0.2, 0.25) is 5.91 Å². The number of hydrogen-bond acceptors (Lipinski definition) is 5. The Morgan fingerprint density at radius 2 is 1.69 bits per heavy atom. The third-order valence-electron chi connectivity index (χ3n) is 4.60. The van der Waals surface area contributed by atoms with Crippen LogP contribution in [0.2, 0.25) is 0 Å². The van der Waals surface area contributed by atoms with Crippen molar-refractivity contribution in [2.45, 2.75) is 15.5 Å². The highest BCUT2D eigenvalue weighted by Crippen LogP contribution is 2.49. The van der Waals surface area contributed by atoms with Crippen LogP contribution in [0, 0.1) is 0 Å². The molecule has 26 heavy (non-hydrogen) atoms. The third kappa shape index (κ3) is 2.93. The second-order valence-corrected chi connectivity index (χ2v) is 8.56. The Labute approximate surface area is 161 Å². The van der Waals surface area contributed by atoms with E-state index in [0.717, 1.165) is 5.69 Å². The van der Waals surface area contributed by atoms with E-state index in [1.54, 1.807) is 41.9 Å². The smallest absolute Gasteiger partial charge is 0.243 e. The zero-order chi connectivity index (χ0) is 18.3. The topological polar surface area (TPSA) is 40.6 Å². The minimum Gasteiger partial charge on any atom is -0.360 e.